The molecule has 0 aliphatic heterocycles. The molecule has 0 aliphatic rings. The second kappa shape index (κ2) is 5.39. The summed E-state index contributed by atoms with van der Waals surface area (Å²) in [5, 5.41) is 3.26. The molecular formula is C12H11FIN3. The van der Waals surface area contributed by atoms with E-state index >= 15 is 0 Å². The van der Waals surface area contributed by atoms with Crippen LogP contribution in [0.25, 0.3) is 0 Å². The molecule has 0 aliphatic carbocycles. The molecule has 1 aromatic carbocycles. The molecule has 1 atom stereocenters. The Labute approximate surface area is 113 Å². The minimum absolute atomic E-state index is 0.0685. The van der Waals surface area contributed by atoms with Crippen molar-refractivity contribution in [1.29, 1.82) is 0 Å². The first-order valence-corrected chi connectivity index (χ1v) is 6.22. The van der Waals surface area contributed by atoms with Gasteiger partial charge in [0.15, 0.2) is 0 Å². The van der Waals surface area contributed by atoms with Gasteiger partial charge in [0, 0.05) is 12.2 Å². The number of nitrogens with zero attached hydrogens (tertiary/aromatic N) is 2. The van der Waals surface area contributed by atoms with Crippen molar-refractivity contribution in [2.75, 3.05) is 5.32 Å². The molecule has 0 spiro atoms. The number of hydrogen-bond acceptors (Lipinski definition) is 3. The average Bonchev–Trinajstić information content (AvgIpc) is 2.33. The van der Waals surface area contributed by atoms with Crippen molar-refractivity contribution in [1.82, 2.24) is 9.97 Å². The summed E-state index contributed by atoms with van der Waals surface area (Å²) in [5.74, 6) is 0.565. The summed E-state index contributed by atoms with van der Waals surface area (Å²) in [6, 6.07) is 6.51. The van der Waals surface area contributed by atoms with E-state index in [0.717, 1.165) is 15.0 Å². The van der Waals surface area contributed by atoms with Gasteiger partial charge >= 0.3 is 0 Å². The van der Waals surface area contributed by atoms with Crippen molar-refractivity contribution in [3.63, 3.8) is 0 Å². The normalized spacial score (nSPS) is 12.2. The highest BCUT2D eigenvalue weighted by Crippen LogP contribution is 2.20. The summed E-state index contributed by atoms with van der Waals surface area (Å²) in [6.45, 7) is 2.01. The third-order valence-electron chi connectivity index (χ3n) is 2.39. The molecule has 0 fully saturated rings. The summed E-state index contributed by atoms with van der Waals surface area (Å²) in [6.07, 6.45) is 3.25. The van der Waals surface area contributed by atoms with Crippen molar-refractivity contribution in [3.05, 3.63) is 51.7 Å². The molecular weight excluding hydrogens is 332 g/mol. The van der Waals surface area contributed by atoms with Crippen LogP contribution in [0.3, 0.4) is 0 Å². The SMILES string of the molecule is CC(Nc1ncncc1I)c1ccc(F)cc1. The molecule has 1 aromatic heterocycles. The summed E-state index contributed by atoms with van der Waals surface area (Å²) in [5.41, 5.74) is 1.01. The first kappa shape index (κ1) is 12.2. The van der Waals surface area contributed by atoms with Crippen molar-refractivity contribution in [2.45, 2.75) is 13.0 Å². The lowest BCUT2D eigenvalue weighted by Gasteiger charge is -2.15. The summed E-state index contributed by atoms with van der Waals surface area (Å²) in [7, 11) is 0. The van der Waals surface area contributed by atoms with Gasteiger partial charge in [0.1, 0.15) is 18.0 Å². The van der Waals surface area contributed by atoms with Gasteiger partial charge in [0.2, 0.25) is 0 Å². The fourth-order valence-electron chi connectivity index (χ4n) is 1.46. The molecule has 1 unspecified atom stereocenters. The van der Waals surface area contributed by atoms with Gasteiger partial charge in [-0.1, -0.05) is 12.1 Å². The summed E-state index contributed by atoms with van der Waals surface area (Å²) in [4.78, 5) is 8.09. The first-order chi connectivity index (χ1) is 8.16. The minimum Gasteiger partial charge on any atom is -0.363 e. The number of rotatable bonds is 3. The Hall–Kier alpha value is -1.24. The first-order valence-electron chi connectivity index (χ1n) is 5.14. The predicted molar refractivity (Wildman–Crippen MR) is 73.2 cm³/mol. The second-order valence-corrected chi connectivity index (χ2v) is 4.80. The van der Waals surface area contributed by atoms with Crippen molar-refractivity contribution in [2.24, 2.45) is 0 Å². The molecule has 1 heterocycles. The third-order valence-corrected chi connectivity index (χ3v) is 3.18. The standard InChI is InChI=1S/C12H11FIN3/c1-8(9-2-4-10(13)5-3-9)17-12-11(14)6-15-7-16-12/h2-8H,1H3,(H,15,16,17). The molecule has 0 saturated carbocycles. The highest BCUT2D eigenvalue weighted by atomic mass is 127. The van der Waals surface area contributed by atoms with E-state index < -0.39 is 0 Å². The number of aromatic nitrogens is 2. The zero-order chi connectivity index (χ0) is 12.3. The molecule has 2 aromatic rings. The van der Waals surface area contributed by atoms with Gasteiger partial charge in [-0.05, 0) is 47.2 Å². The number of anilines is 1. The maximum Gasteiger partial charge on any atom is 0.143 e. The van der Waals surface area contributed by atoms with Gasteiger partial charge in [0.25, 0.3) is 0 Å². The van der Waals surface area contributed by atoms with Gasteiger partial charge in [0.05, 0.1) is 3.57 Å². The Morgan fingerprint density at radius 3 is 2.65 bits per heavy atom. The van der Waals surface area contributed by atoms with E-state index in [1.807, 2.05) is 6.92 Å². The monoisotopic (exact) mass is 343 g/mol. The lowest BCUT2D eigenvalue weighted by molar-refractivity contribution is 0.626. The quantitative estimate of drug-likeness (QED) is 0.869. The van der Waals surface area contributed by atoms with E-state index in [4.69, 9.17) is 0 Å². The second-order valence-electron chi connectivity index (χ2n) is 3.64. The van der Waals surface area contributed by atoms with Crippen LogP contribution in [0.4, 0.5) is 10.2 Å². The number of hydrogen-bond donors (Lipinski definition) is 1. The number of benzene rings is 1. The Kier molecular flexibility index (Phi) is 3.88. The zero-order valence-electron chi connectivity index (χ0n) is 9.19. The topological polar surface area (TPSA) is 37.8 Å². The maximum absolute atomic E-state index is 12.8. The third kappa shape index (κ3) is 3.12. The predicted octanol–water partition coefficient (Wildman–Crippen LogP) is 3.39. The molecule has 3 nitrogen and oxygen atoms in total. The highest BCUT2D eigenvalue weighted by molar-refractivity contribution is 14.1. The average molecular weight is 343 g/mol. The van der Waals surface area contributed by atoms with Crippen LogP contribution >= 0.6 is 22.6 Å². The van der Waals surface area contributed by atoms with Gasteiger partial charge < -0.3 is 5.32 Å². The highest BCUT2D eigenvalue weighted by Gasteiger charge is 2.08. The van der Waals surface area contributed by atoms with Gasteiger partial charge in [-0.25, -0.2) is 14.4 Å². The number of nitrogens with one attached hydrogen (secondary N) is 1. The van der Waals surface area contributed by atoms with E-state index in [1.54, 1.807) is 18.3 Å². The van der Waals surface area contributed by atoms with E-state index in [2.05, 4.69) is 37.9 Å². The molecule has 0 radical (unpaired) electrons. The van der Waals surface area contributed by atoms with Crippen molar-refractivity contribution < 1.29 is 4.39 Å². The molecule has 2 rings (SSSR count). The molecule has 88 valence electrons. The van der Waals surface area contributed by atoms with Crippen molar-refractivity contribution >= 4 is 28.4 Å². The number of halogens is 2. The molecule has 0 bridgehead atoms. The fourth-order valence-corrected chi connectivity index (χ4v) is 1.91. The minimum atomic E-state index is -0.224. The molecule has 0 saturated heterocycles. The Morgan fingerprint density at radius 2 is 2.00 bits per heavy atom. The van der Waals surface area contributed by atoms with E-state index in [-0.39, 0.29) is 11.9 Å². The molecule has 1 N–H and O–H groups in total. The lowest BCUT2D eigenvalue weighted by Crippen LogP contribution is -2.09. The summed E-state index contributed by atoms with van der Waals surface area (Å²) >= 11 is 2.17. The Morgan fingerprint density at radius 1 is 1.29 bits per heavy atom. The zero-order valence-corrected chi connectivity index (χ0v) is 11.3. The van der Waals surface area contributed by atoms with E-state index in [0.29, 0.717) is 0 Å². The van der Waals surface area contributed by atoms with Crippen LogP contribution in [0.5, 0.6) is 0 Å². The van der Waals surface area contributed by atoms with Gasteiger partial charge in [-0.3, -0.25) is 0 Å². The van der Waals surface area contributed by atoms with Crippen LogP contribution in [0.1, 0.15) is 18.5 Å². The molecule has 5 heteroatoms. The van der Waals surface area contributed by atoms with Crippen LogP contribution in [-0.4, -0.2) is 9.97 Å². The van der Waals surface area contributed by atoms with Crippen LogP contribution in [0, 0.1) is 9.39 Å². The van der Waals surface area contributed by atoms with Gasteiger partial charge in [-0.2, -0.15) is 0 Å². The maximum atomic E-state index is 12.8. The van der Waals surface area contributed by atoms with Crippen LogP contribution in [0.15, 0.2) is 36.8 Å². The lowest BCUT2D eigenvalue weighted by atomic mass is 10.1. The van der Waals surface area contributed by atoms with Crippen LogP contribution < -0.4 is 5.32 Å². The Bertz CT molecular complexity index is 501. The van der Waals surface area contributed by atoms with Gasteiger partial charge in [-0.15, -0.1) is 0 Å². The van der Waals surface area contributed by atoms with E-state index in [9.17, 15) is 4.39 Å². The fraction of sp³-hybridized carbons (Fsp3) is 0.167. The largest absolute Gasteiger partial charge is 0.363 e. The molecule has 17 heavy (non-hydrogen) atoms. The van der Waals surface area contributed by atoms with E-state index in [1.165, 1.54) is 18.5 Å². The smallest absolute Gasteiger partial charge is 0.143 e. The van der Waals surface area contributed by atoms with Crippen LogP contribution in [-0.2, 0) is 0 Å². The van der Waals surface area contributed by atoms with Crippen molar-refractivity contribution in [3.8, 4) is 0 Å². The molecule has 0 amide bonds. The van der Waals surface area contributed by atoms with Crippen LogP contribution in [0.2, 0.25) is 0 Å². The Balaban J connectivity index is 2.14. The summed E-state index contributed by atoms with van der Waals surface area (Å²) < 4.78 is 13.8.